The maximum atomic E-state index is 13.0. The summed E-state index contributed by atoms with van der Waals surface area (Å²) in [6.45, 7) is 1.50. The van der Waals surface area contributed by atoms with Gasteiger partial charge >= 0.3 is 0 Å². The van der Waals surface area contributed by atoms with Crippen molar-refractivity contribution in [2.45, 2.75) is 18.8 Å². The molecule has 4 rings (SSSR count). The summed E-state index contributed by atoms with van der Waals surface area (Å²) in [7, 11) is 4.03. The normalized spacial score (nSPS) is 13.4. The molecule has 1 heterocycles. The van der Waals surface area contributed by atoms with Crippen LogP contribution in [0.4, 0.5) is 16.6 Å². The molecule has 1 aliphatic carbocycles. The van der Waals surface area contributed by atoms with Gasteiger partial charge in [-0.2, -0.15) is 0 Å². The summed E-state index contributed by atoms with van der Waals surface area (Å²) in [4.78, 5) is 19.8. The van der Waals surface area contributed by atoms with E-state index >= 15 is 0 Å². The minimum Gasteiger partial charge on any atom is -0.492 e. The molecule has 1 fully saturated rings. The van der Waals surface area contributed by atoms with Crippen LogP contribution in [0.3, 0.4) is 0 Å². The number of ketones is 1. The molecule has 156 valence electrons. The molecular weight excluding hydrogens is 396 g/mol. The van der Waals surface area contributed by atoms with Crippen molar-refractivity contribution in [1.82, 2.24) is 9.88 Å². The molecule has 0 atom stereocenters. The topological polar surface area (TPSA) is 80.5 Å². The molecule has 7 heteroatoms. The second-order valence-electron chi connectivity index (χ2n) is 7.76. The van der Waals surface area contributed by atoms with E-state index in [9.17, 15) is 4.79 Å². The number of nitrogens with two attached hydrogens (primary N) is 1. The van der Waals surface area contributed by atoms with E-state index in [0.717, 1.165) is 18.0 Å². The van der Waals surface area contributed by atoms with Gasteiger partial charge in [-0.15, -0.1) is 0 Å². The number of anilines is 3. The average Bonchev–Trinajstić information content (AvgIpc) is 3.52. The zero-order chi connectivity index (χ0) is 21.1. The molecule has 1 aliphatic rings. The van der Waals surface area contributed by atoms with Crippen LogP contribution in [0.15, 0.2) is 48.5 Å². The highest BCUT2D eigenvalue weighted by Crippen LogP contribution is 2.40. The molecule has 30 heavy (non-hydrogen) atoms. The summed E-state index contributed by atoms with van der Waals surface area (Å²) in [5, 5.41) is 3.82. The Morgan fingerprint density at radius 2 is 2.00 bits per heavy atom. The summed E-state index contributed by atoms with van der Waals surface area (Å²) in [6.07, 6.45) is 2.40. The van der Waals surface area contributed by atoms with E-state index in [1.165, 1.54) is 29.7 Å². The van der Waals surface area contributed by atoms with Crippen molar-refractivity contribution in [1.29, 1.82) is 0 Å². The molecule has 1 saturated carbocycles. The number of ether oxygens (including phenoxy) is 1. The highest BCUT2D eigenvalue weighted by atomic mass is 32.1. The van der Waals surface area contributed by atoms with Gasteiger partial charge in [0.1, 0.15) is 23.1 Å². The van der Waals surface area contributed by atoms with Gasteiger partial charge in [0.15, 0.2) is 5.13 Å². The fraction of sp³-hybridized carbons (Fsp3) is 0.304. The fourth-order valence-corrected chi connectivity index (χ4v) is 4.00. The lowest BCUT2D eigenvalue weighted by Crippen LogP contribution is -2.19. The Morgan fingerprint density at radius 3 is 2.70 bits per heavy atom. The maximum Gasteiger partial charge on any atom is 0.206 e. The lowest BCUT2D eigenvalue weighted by Gasteiger charge is -2.11. The van der Waals surface area contributed by atoms with Gasteiger partial charge in [-0.1, -0.05) is 29.5 Å². The van der Waals surface area contributed by atoms with Crippen LogP contribution >= 0.6 is 11.3 Å². The molecule has 0 aliphatic heterocycles. The van der Waals surface area contributed by atoms with Crippen molar-refractivity contribution in [3.63, 3.8) is 0 Å². The van der Waals surface area contributed by atoms with Crippen molar-refractivity contribution in [3.8, 4) is 5.75 Å². The quantitative estimate of drug-likeness (QED) is 0.494. The molecule has 1 aromatic heterocycles. The van der Waals surface area contributed by atoms with Crippen LogP contribution in [0.2, 0.25) is 0 Å². The standard InChI is InChI=1S/C23H26N4O2S/c1-27(2)12-13-29-19-10-8-18(9-11-19)25-23-26-22(24)21(30-23)20(28)17-5-3-4-16(14-17)15-6-7-15/h3-5,8-11,14-15H,6-7,12-13,24H2,1-2H3,(H,25,26). The van der Waals surface area contributed by atoms with Crippen LogP contribution in [-0.4, -0.2) is 42.9 Å². The first-order valence-electron chi connectivity index (χ1n) is 10.0. The predicted molar refractivity (Wildman–Crippen MR) is 122 cm³/mol. The van der Waals surface area contributed by atoms with Crippen LogP contribution in [0.25, 0.3) is 0 Å². The number of thiazole rings is 1. The lowest BCUT2D eigenvalue weighted by atomic mass is 10.0. The van der Waals surface area contributed by atoms with Crippen LogP contribution < -0.4 is 15.8 Å². The van der Waals surface area contributed by atoms with Crippen molar-refractivity contribution >= 4 is 33.8 Å². The first-order chi connectivity index (χ1) is 14.5. The van der Waals surface area contributed by atoms with E-state index in [1.807, 2.05) is 56.6 Å². The van der Waals surface area contributed by atoms with Crippen LogP contribution in [0.5, 0.6) is 5.75 Å². The number of hydrogen-bond acceptors (Lipinski definition) is 7. The summed E-state index contributed by atoms with van der Waals surface area (Å²) in [5.74, 6) is 1.59. The second-order valence-corrected chi connectivity index (χ2v) is 8.76. The Hall–Kier alpha value is -2.90. The molecule has 0 amide bonds. The Balaban J connectivity index is 1.42. The molecule has 0 spiro atoms. The molecule has 3 N–H and O–H groups in total. The Kier molecular flexibility index (Phi) is 6.01. The SMILES string of the molecule is CN(C)CCOc1ccc(Nc2nc(N)c(C(=O)c3cccc(C4CC4)c3)s2)cc1. The Labute approximate surface area is 180 Å². The Morgan fingerprint density at radius 1 is 1.23 bits per heavy atom. The molecule has 0 bridgehead atoms. The average molecular weight is 423 g/mol. The third-order valence-corrected chi connectivity index (χ3v) is 5.96. The van der Waals surface area contributed by atoms with Gasteiger partial charge in [-0.05, 0) is 68.8 Å². The molecule has 2 aromatic carbocycles. The van der Waals surface area contributed by atoms with Crippen molar-refractivity contribution in [2.24, 2.45) is 0 Å². The lowest BCUT2D eigenvalue weighted by molar-refractivity contribution is 0.104. The van der Waals surface area contributed by atoms with Gasteiger partial charge in [0.05, 0.1) is 0 Å². The van der Waals surface area contributed by atoms with Gasteiger partial charge in [0.2, 0.25) is 5.78 Å². The summed E-state index contributed by atoms with van der Waals surface area (Å²) >= 11 is 1.27. The van der Waals surface area contributed by atoms with Gasteiger partial charge < -0.3 is 20.7 Å². The molecule has 0 saturated heterocycles. The van der Waals surface area contributed by atoms with Crippen LogP contribution in [0, 0.1) is 0 Å². The van der Waals surface area contributed by atoms with E-state index in [1.54, 1.807) is 0 Å². The number of aromatic nitrogens is 1. The van der Waals surface area contributed by atoms with E-state index in [2.05, 4.69) is 21.3 Å². The molecule has 0 radical (unpaired) electrons. The van der Waals surface area contributed by atoms with E-state index in [-0.39, 0.29) is 11.6 Å². The van der Waals surface area contributed by atoms with E-state index in [4.69, 9.17) is 10.5 Å². The predicted octanol–water partition coefficient (Wildman–Crippen LogP) is 4.52. The van der Waals surface area contributed by atoms with Gasteiger partial charge in [-0.3, -0.25) is 4.79 Å². The van der Waals surface area contributed by atoms with Crippen molar-refractivity contribution in [3.05, 3.63) is 64.5 Å². The minimum absolute atomic E-state index is 0.0785. The first-order valence-corrected chi connectivity index (χ1v) is 10.9. The van der Waals surface area contributed by atoms with E-state index < -0.39 is 0 Å². The number of benzene rings is 2. The monoisotopic (exact) mass is 422 g/mol. The number of hydrogen-bond donors (Lipinski definition) is 2. The third-order valence-electron chi connectivity index (χ3n) is 4.97. The van der Waals surface area contributed by atoms with Crippen LogP contribution in [0.1, 0.15) is 39.6 Å². The number of nitrogen functional groups attached to an aromatic ring is 1. The number of nitrogens with zero attached hydrogens (tertiary/aromatic N) is 2. The number of carbonyl (C=O) groups is 1. The minimum atomic E-state index is -0.0785. The largest absolute Gasteiger partial charge is 0.492 e. The highest BCUT2D eigenvalue weighted by molar-refractivity contribution is 7.18. The highest BCUT2D eigenvalue weighted by Gasteiger charge is 2.25. The number of rotatable bonds is 9. The zero-order valence-electron chi connectivity index (χ0n) is 17.2. The molecule has 6 nitrogen and oxygen atoms in total. The van der Waals surface area contributed by atoms with Crippen molar-refractivity contribution in [2.75, 3.05) is 38.3 Å². The smallest absolute Gasteiger partial charge is 0.206 e. The maximum absolute atomic E-state index is 13.0. The molecular formula is C23H26N4O2S. The van der Waals surface area contributed by atoms with Crippen molar-refractivity contribution < 1.29 is 9.53 Å². The Bertz CT molecular complexity index is 1030. The van der Waals surface area contributed by atoms with E-state index in [0.29, 0.717) is 28.1 Å². The fourth-order valence-electron chi connectivity index (χ4n) is 3.13. The zero-order valence-corrected chi connectivity index (χ0v) is 18.0. The summed E-state index contributed by atoms with van der Waals surface area (Å²) < 4.78 is 5.71. The van der Waals surface area contributed by atoms with Gasteiger partial charge in [0.25, 0.3) is 0 Å². The number of nitrogens with one attached hydrogen (secondary N) is 1. The third kappa shape index (κ3) is 4.98. The summed E-state index contributed by atoms with van der Waals surface area (Å²) in [5.41, 5.74) is 8.82. The molecule has 0 unspecified atom stereocenters. The molecule has 3 aromatic rings. The number of likely N-dealkylation sites (N-methyl/N-ethyl adjacent to an activating group) is 1. The van der Waals surface area contributed by atoms with Gasteiger partial charge in [0, 0.05) is 17.8 Å². The summed E-state index contributed by atoms with van der Waals surface area (Å²) in [6, 6.07) is 15.5. The second kappa shape index (κ2) is 8.85. The van der Waals surface area contributed by atoms with Gasteiger partial charge in [-0.25, -0.2) is 4.98 Å². The van der Waals surface area contributed by atoms with Crippen LogP contribution in [-0.2, 0) is 0 Å². The first kappa shape index (κ1) is 20.4. The number of carbonyl (C=O) groups excluding carboxylic acids is 1.